The fourth-order valence-corrected chi connectivity index (χ4v) is 1.78. The monoisotopic (exact) mass is 253 g/mol. The third-order valence-electron chi connectivity index (χ3n) is 1.98. The van der Waals surface area contributed by atoms with E-state index in [4.69, 9.17) is 9.66 Å². The van der Waals surface area contributed by atoms with E-state index in [-0.39, 0.29) is 24.6 Å². The maximum absolute atomic E-state index is 10.8. The first-order valence-electron chi connectivity index (χ1n) is 5.13. The highest BCUT2D eigenvalue weighted by Crippen LogP contribution is 2.04. The molecule has 3 N–H and O–H groups in total. The molecule has 0 amide bonds. The van der Waals surface area contributed by atoms with Gasteiger partial charge in [-0.3, -0.25) is 9.35 Å². The van der Waals surface area contributed by atoms with E-state index in [0.717, 1.165) is 0 Å². The fourth-order valence-electron chi connectivity index (χ4n) is 1.27. The van der Waals surface area contributed by atoms with E-state index in [0.29, 0.717) is 6.42 Å². The topological polar surface area (TPSA) is 104 Å². The predicted molar refractivity (Wildman–Crippen MR) is 59.9 cm³/mol. The van der Waals surface area contributed by atoms with Gasteiger partial charge in [0.05, 0.1) is 5.75 Å². The molecule has 0 saturated carbocycles. The van der Waals surface area contributed by atoms with Crippen LogP contribution in [0.2, 0.25) is 0 Å². The number of hydrogen-bond acceptors (Lipinski definition) is 4. The van der Waals surface area contributed by atoms with Crippen LogP contribution in [0.5, 0.6) is 0 Å². The van der Waals surface area contributed by atoms with Gasteiger partial charge < -0.3 is 10.4 Å². The van der Waals surface area contributed by atoms with E-state index in [2.05, 4.69) is 5.32 Å². The smallest absolute Gasteiger partial charge is 0.320 e. The number of carboxylic acid groups (broad SMARTS) is 1. The molecule has 0 rings (SSSR count). The Morgan fingerprint density at radius 1 is 1.38 bits per heavy atom. The van der Waals surface area contributed by atoms with Crippen LogP contribution in [-0.2, 0) is 14.9 Å². The van der Waals surface area contributed by atoms with Crippen molar-refractivity contribution >= 4 is 16.1 Å². The summed E-state index contributed by atoms with van der Waals surface area (Å²) in [5.74, 6) is -1.05. The molecule has 0 spiro atoms. The van der Waals surface area contributed by atoms with E-state index < -0.39 is 22.1 Å². The fraction of sp³-hybridized carbons (Fsp3) is 0.889. The first-order chi connectivity index (χ1) is 7.22. The van der Waals surface area contributed by atoms with Gasteiger partial charge in [0.15, 0.2) is 0 Å². The molecule has 0 aliphatic rings. The highest BCUT2D eigenvalue weighted by atomic mass is 32.2. The lowest BCUT2D eigenvalue weighted by Gasteiger charge is -2.15. The summed E-state index contributed by atoms with van der Waals surface area (Å²) in [5, 5.41) is 11.6. The number of nitrogens with one attached hydrogen (secondary N) is 1. The lowest BCUT2D eigenvalue weighted by molar-refractivity contribution is -0.139. The van der Waals surface area contributed by atoms with Crippen LogP contribution in [0.25, 0.3) is 0 Å². The quantitative estimate of drug-likeness (QED) is 0.426. The van der Waals surface area contributed by atoms with Gasteiger partial charge in [-0.25, -0.2) is 0 Å². The standard InChI is InChI=1S/C9H19NO5S/c1-7(2)6-8(9(11)12)10-4-3-5-16(13,14)15/h7-8,10H,3-6H2,1-2H3,(H,11,12)(H,13,14,15)/t8-/m0/s1. The maximum Gasteiger partial charge on any atom is 0.320 e. The molecule has 0 bridgehead atoms. The summed E-state index contributed by atoms with van der Waals surface area (Å²) in [6.45, 7) is 4.08. The van der Waals surface area contributed by atoms with Crippen LogP contribution >= 0.6 is 0 Å². The summed E-state index contributed by atoms with van der Waals surface area (Å²) in [6.07, 6.45) is 0.682. The second-order valence-electron chi connectivity index (χ2n) is 4.11. The highest BCUT2D eigenvalue weighted by molar-refractivity contribution is 7.85. The van der Waals surface area contributed by atoms with Crippen molar-refractivity contribution in [2.45, 2.75) is 32.7 Å². The summed E-state index contributed by atoms with van der Waals surface area (Å²) in [7, 11) is -3.95. The molecule has 6 nitrogen and oxygen atoms in total. The van der Waals surface area contributed by atoms with Crippen molar-refractivity contribution in [3.8, 4) is 0 Å². The molecule has 0 aromatic heterocycles. The number of carbonyl (C=O) groups is 1. The molecule has 1 atom stereocenters. The summed E-state index contributed by atoms with van der Waals surface area (Å²) >= 11 is 0. The SMILES string of the molecule is CC(C)C[C@H](NCCCS(=O)(=O)O)C(=O)O. The molecule has 0 unspecified atom stereocenters. The zero-order valence-electron chi connectivity index (χ0n) is 9.51. The van der Waals surface area contributed by atoms with Crippen molar-refractivity contribution in [1.29, 1.82) is 0 Å². The average Bonchev–Trinajstić information content (AvgIpc) is 2.07. The average molecular weight is 253 g/mol. The maximum atomic E-state index is 10.8. The Hall–Kier alpha value is -0.660. The number of carboxylic acids is 1. The van der Waals surface area contributed by atoms with Crippen LogP contribution in [0.15, 0.2) is 0 Å². The predicted octanol–water partition coefficient (Wildman–Crippen LogP) is 0.353. The van der Waals surface area contributed by atoms with Crippen molar-refractivity contribution in [1.82, 2.24) is 5.32 Å². The zero-order valence-corrected chi connectivity index (χ0v) is 10.3. The summed E-state index contributed by atoms with van der Waals surface area (Å²) in [5.41, 5.74) is 0. The highest BCUT2D eigenvalue weighted by Gasteiger charge is 2.17. The van der Waals surface area contributed by atoms with Crippen molar-refractivity contribution in [3.05, 3.63) is 0 Å². The lowest BCUT2D eigenvalue weighted by atomic mass is 10.0. The molecule has 0 aromatic rings. The Bertz CT molecular complexity index is 312. The minimum absolute atomic E-state index is 0.195. The van der Waals surface area contributed by atoms with E-state index in [1.54, 1.807) is 0 Å². The van der Waals surface area contributed by atoms with Crippen LogP contribution < -0.4 is 5.32 Å². The minimum Gasteiger partial charge on any atom is -0.480 e. The summed E-state index contributed by atoms with van der Waals surface area (Å²) in [4.78, 5) is 10.8. The van der Waals surface area contributed by atoms with E-state index in [1.165, 1.54) is 0 Å². The number of aliphatic carboxylic acids is 1. The Morgan fingerprint density at radius 3 is 2.31 bits per heavy atom. The van der Waals surface area contributed by atoms with Gasteiger partial charge in [0.25, 0.3) is 10.1 Å². The molecule has 0 fully saturated rings. The molecule has 0 heterocycles. The van der Waals surface area contributed by atoms with E-state index in [9.17, 15) is 13.2 Å². The number of rotatable bonds is 8. The van der Waals surface area contributed by atoms with E-state index >= 15 is 0 Å². The zero-order chi connectivity index (χ0) is 12.8. The van der Waals surface area contributed by atoms with Crippen molar-refractivity contribution in [2.24, 2.45) is 5.92 Å². The normalized spacial score (nSPS) is 14.0. The third-order valence-corrected chi connectivity index (χ3v) is 2.78. The van der Waals surface area contributed by atoms with Gasteiger partial charge in [0.1, 0.15) is 6.04 Å². The number of hydrogen-bond donors (Lipinski definition) is 3. The van der Waals surface area contributed by atoms with Crippen LogP contribution in [0.4, 0.5) is 0 Å². The van der Waals surface area contributed by atoms with Crippen LogP contribution in [-0.4, -0.2) is 42.4 Å². The minimum atomic E-state index is -3.95. The molecular formula is C9H19NO5S. The lowest BCUT2D eigenvalue weighted by Crippen LogP contribution is -2.38. The van der Waals surface area contributed by atoms with Gasteiger partial charge in [0.2, 0.25) is 0 Å². The van der Waals surface area contributed by atoms with Crippen molar-refractivity contribution < 1.29 is 22.9 Å². The third kappa shape index (κ3) is 8.63. The molecule has 0 aliphatic carbocycles. The Morgan fingerprint density at radius 2 is 1.94 bits per heavy atom. The van der Waals surface area contributed by atoms with Gasteiger partial charge in [0, 0.05) is 0 Å². The molecular weight excluding hydrogens is 234 g/mol. The van der Waals surface area contributed by atoms with E-state index in [1.807, 2.05) is 13.8 Å². The van der Waals surface area contributed by atoms with Gasteiger partial charge in [-0.1, -0.05) is 13.8 Å². The second kappa shape index (κ2) is 6.82. The molecule has 7 heteroatoms. The molecule has 0 aromatic carbocycles. The first kappa shape index (κ1) is 15.3. The van der Waals surface area contributed by atoms with Crippen molar-refractivity contribution in [2.75, 3.05) is 12.3 Å². The largest absolute Gasteiger partial charge is 0.480 e. The Labute approximate surface area is 95.8 Å². The van der Waals surface area contributed by atoms with Crippen molar-refractivity contribution in [3.63, 3.8) is 0 Å². The molecule has 0 aliphatic heterocycles. The van der Waals surface area contributed by atoms with Crippen LogP contribution in [0.1, 0.15) is 26.7 Å². The van der Waals surface area contributed by atoms with Crippen LogP contribution in [0, 0.1) is 5.92 Å². The molecule has 0 saturated heterocycles. The molecule has 96 valence electrons. The Balaban J connectivity index is 3.90. The molecule has 16 heavy (non-hydrogen) atoms. The van der Waals surface area contributed by atoms with Gasteiger partial charge in [-0.05, 0) is 25.3 Å². The van der Waals surface area contributed by atoms with Gasteiger partial charge in [-0.2, -0.15) is 8.42 Å². The van der Waals surface area contributed by atoms with Gasteiger partial charge in [-0.15, -0.1) is 0 Å². The van der Waals surface area contributed by atoms with Gasteiger partial charge >= 0.3 is 5.97 Å². The summed E-state index contributed by atoms with van der Waals surface area (Å²) < 4.78 is 29.3. The molecule has 0 radical (unpaired) electrons. The Kier molecular flexibility index (Phi) is 6.54. The second-order valence-corrected chi connectivity index (χ2v) is 5.69. The summed E-state index contributed by atoms with van der Waals surface area (Å²) in [6, 6.07) is -0.665. The van der Waals surface area contributed by atoms with Crippen LogP contribution in [0.3, 0.4) is 0 Å². The first-order valence-corrected chi connectivity index (χ1v) is 6.74.